The Bertz CT molecular complexity index is 675. The highest BCUT2D eigenvalue weighted by Crippen LogP contribution is 2.32. The van der Waals surface area contributed by atoms with Crippen LogP contribution in [-0.4, -0.2) is 29.7 Å². The Labute approximate surface area is 142 Å². The molecule has 0 radical (unpaired) electrons. The van der Waals surface area contributed by atoms with Gasteiger partial charge in [-0.3, -0.25) is 19.3 Å². The number of hydrogen-bond donors (Lipinski definition) is 1. The van der Waals surface area contributed by atoms with Crippen LogP contribution in [0, 0.1) is 11.8 Å². The van der Waals surface area contributed by atoms with Crippen molar-refractivity contribution in [1.82, 2.24) is 4.90 Å². The highest BCUT2D eigenvalue weighted by molar-refractivity contribution is 6.21. The molecule has 3 rings (SSSR count). The summed E-state index contributed by atoms with van der Waals surface area (Å²) in [6, 6.07) is 4.93. The van der Waals surface area contributed by atoms with Crippen molar-refractivity contribution in [3.8, 4) is 0 Å². The summed E-state index contributed by atoms with van der Waals surface area (Å²) in [6.45, 7) is 2.20. The molecule has 0 atom stereocenters. The SMILES string of the molecule is CCCC1CCC(C(=O)Nc2ccc3c(c2)C(=O)N(C)C3=O)CC1. The molecule has 1 N–H and O–H groups in total. The van der Waals surface area contributed by atoms with Gasteiger partial charge >= 0.3 is 0 Å². The topological polar surface area (TPSA) is 66.5 Å². The Balaban J connectivity index is 1.64. The molecule has 0 saturated heterocycles. The van der Waals surface area contributed by atoms with E-state index in [9.17, 15) is 14.4 Å². The summed E-state index contributed by atoms with van der Waals surface area (Å²) in [6.07, 6.45) is 6.56. The van der Waals surface area contributed by atoms with Crippen LogP contribution >= 0.6 is 0 Å². The van der Waals surface area contributed by atoms with Crippen molar-refractivity contribution >= 4 is 23.4 Å². The summed E-state index contributed by atoms with van der Waals surface area (Å²) in [7, 11) is 1.47. The van der Waals surface area contributed by atoms with Gasteiger partial charge in [-0.25, -0.2) is 0 Å². The molecule has 0 bridgehead atoms. The molecule has 1 aliphatic carbocycles. The van der Waals surface area contributed by atoms with E-state index in [0.717, 1.165) is 36.5 Å². The second kappa shape index (κ2) is 6.75. The molecular weight excluding hydrogens is 304 g/mol. The van der Waals surface area contributed by atoms with E-state index >= 15 is 0 Å². The van der Waals surface area contributed by atoms with Crippen LogP contribution in [0.15, 0.2) is 18.2 Å². The molecule has 0 unspecified atom stereocenters. The average molecular weight is 328 g/mol. The van der Waals surface area contributed by atoms with Gasteiger partial charge in [-0.1, -0.05) is 19.8 Å². The maximum atomic E-state index is 12.5. The minimum atomic E-state index is -0.314. The van der Waals surface area contributed by atoms with Crippen molar-refractivity contribution in [2.75, 3.05) is 12.4 Å². The van der Waals surface area contributed by atoms with E-state index < -0.39 is 0 Å². The van der Waals surface area contributed by atoms with Crippen molar-refractivity contribution in [2.45, 2.75) is 45.4 Å². The number of nitrogens with zero attached hydrogens (tertiary/aromatic N) is 1. The van der Waals surface area contributed by atoms with Crippen LogP contribution in [0.4, 0.5) is 5.69 Å². The lowest BCUT2D eigenvalue weighted by atomic mass is 9.80. The molecule has 0 spiro atoms. The number of rotatable bonds is 4. The lowest BCUT2D eigenvalue weighted by Gasteiger charge is -2.27. The smallest absolute Gasteiger partial charge is 0.261 e. The fourth-order valence-corrected chi connectivity index (χ4v) is 3.80. The molecule has 5 heteroatoms. The lowest BCUT2D eigenvalue weighted by molar-refractivity contribution is -0.121. The van der Waals surface area contributed by atoms with Gasteiger partial charge in [0.15, 0.2) is 0 Å². The Hall–Kier alpha value is -2.17. The molecule has 0 aromatic heterocycles. The third kappa shape index (κ3) is 3.07. The van der Waals surface area contributed by atoms with Gasteiger partial charge in [-0.15, -0.1) is 0 Å². The average Bonchev–Trinajstić information content (AvgIpc) is 2.80. The molecule has 5 nitrogen and oxygen atoms in total. The van der Waals surface area contributed by atoms with Crippen LogP contribution < -0.4 is 5.32 Å². The van der Waals surface area contributed by atoms with Gasteiger partial charge in [0, 0.05) is 18.7 Å². The number of fused-ring (bicyclic) bond motifs is 1. The number of carbonyl (C=O) groups is 3. The third-order valence-electron chi connectivity index (χ3n) is 5.27. The molecule has 3 amide bonds. The number of anilines is 1. The summed E-state index contributed by atoms with van der Waals surface area (Å²) in [5, 5.41) is 2.92. The van der Waals surface area contributed by atoms with Crippen molar-refractivity contribution < 1.29 is 14.4 Å². The number of benzene rings is 1. The van der Waals surface area contributed by atoms with E-state index in [0.29, 0.717) is 16.8 Å². The van der Waals surface area contributed by atoms with Gasteiger partial charge in [0.25, 0.3) is 11.8 Å². The molecule has 128 valence electrons. The zero-order valence-electron chi connectivity index (χ0n) is 14.3. The standard InChI is InChI=1S/C19H24N2O3/c1-3-4-12-5-7-13(8-6-12)17(22)20-14-9-10-15-16(11-14)19(24)21(2)18(15)23/h9-13H,3-8H2,1-2H3,(H,20,22). The van der Waals surface area contributed by atoms with E-state index in [4.69, 9.17) is 0 Å². The second-order valence-electron chi connectivity index (χ2n) is 6.93. The van der Waals surface area contributed by atoms with Gasteiger partial charge < -0.3 is 5.32 Å². The summed E-state index contributed by atoms with van der Waals surface area (Å²) in [4.78, 5) is 37.5. The second-order valence-corrected chi connectivity index (χ2v) is 6.93. The summed E-state index contributed by atoms with van der Waals surface area (Å²) in [5.74, 6) is 0.230. The highest BCUT2D eigenvalue weighted by Gasteiger charge is 2.33. The summed E-state index contributed by atoms with van der Waals surface area (Å²) >= 11 is 0. The zero-order chi connectivity index (χ0) is 17.3. The zero-order valence-corrected chi connectivity index (χ0v) is 14.3. The van der Waals surface area contributed by atoms with E-state index in [1.165, 1.54) is 19.9 Å². The van der Waals surface area contributed by atoms with E-state index in [2.05, 4.69) is 12.2 Å². The summed E-state index contributed by atoms with van der Waals surface area (Å²) in [5.41, 5.74) is 1.36. The quantitative estimate of drug-likeness (QED) is 0.861. The molecule has 1 fully saturated rings. The fraction of sp³-hybridized carbons (Fsp3) is 0.526. The molecule has 24 heavy (non-hydrogen) atoms. The van der Waals surface area contributed by atoms with Crippen LogP contribution in [0.25, 0.3) is 0 Å². The third-order valence-corrected chi connectivity index (χ3v) is 5.27. The normalized spacial score (nSPS) is 23.3. The van der Waals surface area contributed by atoms with Crippen molar-refractivity contribution in [1.29, 1.82) is 0 Å². The monoisotopic (exact) mass is 328 g/mol. The molecular formula is C19H24N2O3. The Morgan fingerprint density at radius 1 is 1.12 bits per heavy atom. The van der Waals surface area contributed by atoms with Crippen LogP contribution in [0.1, 0.15) is 66.2 Å². The van der Waals surface area contributed by atoms with Crippen molar-refractivity contribution in [3.63, 3.8) is 0 Å². The Morgan fingerprint density at radius 3 is 2.46 bits per heavy atom. The van der Waals surface area contributed by atoms with Gasteiger partial charge in [0.2, 0.25) is 5.91 Å². The number of hydrogen-bond acceptors (Lipinski definition) is 3. The Kier molecular flexibility index (Phi) is 4.69. The molecule has 1 aromatic rings. The van der Waals surface area contributed by atoms with Crippen molar-refractivity contribution in [2.24, 2.45) is 11.8 Å². The first kappa shape index (κ1) is 16.7. The number of carbonyl (C=O) groups excluding carboxylic acids is 3. The minimum absolute atomic E-state index is 0.0232. The maximum absolute atomic E-state index is 12.5. The first-order valence-corrected chi connectivity index (χ1v) is 8.78. The van der Waals surface area contributed by atoms with Gasteiger partial charge in [0.05, 0.1) is 11.1 Å². The molecule has 1 heterocycles. The van der Waals surface area contributed by atoms with Gasteiger partial charge in [0.1, 0.15) is 0 Å². The maximum Gasteiger partial charge on any atom is 0.261 e. The molecule has 1 aromatic carbocycles. The van der Waals surface area contributed by atoms with Crippen LogP contribution in [0.2, 0.25) is 0 Å². The van der Waals surface area contributed by atoms with E-state index in [1.807, 2.05) is 0 Å². The minimum Gasteiger partial charge on any atom is -0.326 e. The largest absolute Gasteiger partial charge is 0.326 e. The molecule has 1 aliphatic heterocycles. The first-order valence-electron chi connectivity index (χ1n) is 8.78. The Morgan fingerprint density at radius 2 is 1.79 bits per heavy atom. The van der Waals surface area contributed by atoms with Crippen LogP contribution in [0.5, 0.6) is 0 Å². The van der Waals surface area contributed by atoms with E-state index in [-0.39, 0.29) is 23.6 Å². The van der Waals surface area contributed by atoms with Gasteiger partial charge in [-0.2, -0.15) is 0 Å². The fourth-order valence-electron chi connectivity index (χ4n) is 3.80. The highest BCUT2D eigenvalue weighted by atomic mass is 16.2. The van der Waals surface area contributed by atoms with Crippen LogP contribution in [-0.2, 0) is 4.79 Å². The predicted molar refractivity (Wildman–Crippen MR) is 91.9 cm³/mol. The van der Waals surface area contributed by atoms with E-state index in [1.54, 1.807) is 18.2 Å². The first-order chi connectivity index (χ1) is 11.5. The van der Waals surface area contributed by atoms with Crippen LogP contribution in [0.3, 0.4) is 0 Å². The number of imide groups is 1. The lowest BCUT2D eigenvalue weighted by Crippen LogP contribution is -2.27. The number of nitrogens with one attached hydrogen (secondary N) is 1. The van der Waals surface area contributed by atoms with Crippen molar-refractivity contribution in [3.05, 3.63) is 29.3 Å². The molecule has 2 aliphatic rings. The number of amides is 3. The van der Waals surface area contributed by atoms with Gasteiger partial charge in [-0.05, 0) is 49.8 Å². The summed E-state index contributed by atoms with van der Waals surface area (Å²) < 4.78 is 0. The molecule has 1 saturated carbocycles. The predicted octanol–water partition coefficient (Wildman–Crippen LogP) is 3.46.